The van der Waals surface area contributed by atoms with Crippen LogP contribution in [-0.2, 0) is 13.6 Å². The molecule has 0 radical (unpaired) electrons. The second-order valence-corrected chi connectivity index (χ2v) is 4.56. The quantitative estimate of drug-likeness (QED) is 0.778. The smallest absolute Gasteiger partial charge is 0.159 e. The van der Waals surface area contributed by atoms with Gasteiger partial charge in [0.15, 0.2) is 5.82 Å². The molecule has 0 saturated heterocycles. The van der Waals surface area contributed by atoms with Crippen molar-refractivity contribution < 1.29 is 0 Å². The van der Waals surface area contributed by atoms with Crippen LogP contribution in [0.15, 0.2) is 42.6 Å². The van der Waals surface area contributed by atoms with Gasteiger partial charge in [-0.2, -0.15) is 0 Å². The zero-order valence-corrected chi connectivity index (χ0v) is 11.1. The molecular weight excluding hydrogens is 236 g/mol. The standard InChI is InChI=1S/C15H16N4/c1-16-10-11-6-7-14-13(9-11)18-15(19(14)2)12-5-3-4-8-17-12/h3-9,16H,10H2,1-2H3. The second-order valence-electron chi connectivity index (χ2n) is 4.56. The Morgan fingerprint density at radius 1 is 1.21 bits per heavy atom. The number of pyridine rings is 1. The van der Waals surface area contributed by atoms with Crippen molar-refractivity contribution in [1.29, 1.82) is 0 Å². The van der Waals surface area contributed by atoms with Crippen LogP contribution in [0, 0.1) is 0 Å². The Balaban J connectivity index is 2.14. The average Bonchev–Trinajstić information content (AvgIpc) is 2.77. The van der Waals surface area contributed by atoms with Gasteiger partial charge in [0, 0.05) is 19.8 Å². The lowest BCUT2D eigenvalue weighted by atomic mass is 10.2. The van der Waals surface area contributed by atoms with Crippen molar-refractivity contribution in [1.82, 2.24) is 19.9 Å². The molecule has 19 heavy (non-hydrogen) atoms. The summed E-state index contributed by atoms with van der Waals surface area (Å²) >= 11 is 0. The monoisotopic (exact) mass is 252 g/mol. The second kappa shape index (κ2) is 4.82. The molecular formula is C15H16N4. The number of nitrogens with one attached hydrogen (secondary N) is 1. The summed E-state index contributed by atoms with van der Waals surface area (Å²) in [6, 6.07) is 12.2. The molecule has 0 fully saturated rings. The van der Waals surface area contributed by atoms with Crippen LogP contribution in [-0.4, -0.2) is 21.6 Å². The third-order valence-electron chi connectivity index (χ3n) is 3.22. The Morgan fingerprint density at radius 3 is 2.84 bits per heavy atom. The van der Waals surface area contributed by atoms with Crippen molar-refractivity contribution in [2.45, 2.75) is 6.54 Å². The number of hydrogen-bond acceptors (Lipinski definition) is 3. The first-order valence-electron chi connectivity index (χ1n) is 6.31. The van der Waals surface area contributed by atoms with E-state index in [1.807, 2.05) is 32.3 Å². The van der Waals surface area contributed by atoms with Crippen LogP contribution >= 0.6 is 0 Å². The van der Waals surface area contributed by atoms with Crippen molar-refractivity contribution in [3.63, 3.8) is 0 Å². The molecule has 0 aliphatic heterocycles. The predicted molar refractivity (Wildman–Crippen MR) is 76.7 cm³/mol. The van der Waals surface area contributed by atoms with E-state index in [0.717, 1.165) is 29.1 Å². The van der Waals surface area contributed by atoms with Crippen molar-refractivity contribution in [3.8, 4) is 11.5 Å². The van der Waals surface area contributed by atoms with Crippen molar-refractivity contribution in [2.24, 2.45) is 7.05 Å². The number of rotatable bonds is 3. The van der Waals surface area contributed by atoms with E-state index < -0.39 is 0 Å². The maximum absolute atomic E-state index is 4.70. The van der Waals surface area contributed by atoms with E-state index in [1.54, 1.807) is 6.20 Å². The molecule has 0 atom stereocenters. The lowest BCUT2D eigenvalue weighted by Gasteiger charge is -2.01. The lowest BCUT2D eigenvalue weighted by molar-refractivity contribution is 0.819. The van der Waals surface area contributed by atoms with Crippen LogP contribution in [0.2, 0.25) is 0 Å². The Labute approximate surface area is 112 Å². The van der Waals surface area contributed by atoms with Crippen LogP contribution in [0.1, 0.15) is 5.56 Å². The van der Waals surface area contributed by atoms with Gasteiger partial charge >= 0.3 is 0 Å². The van der Waals surface area contributed by atoms with E-state index in [1.165, 1.54) is 5.56 Å². The third kappa shape index (κ3) is 2.11. The summed E-state index contributed by atoms with van der Waals surface area (Å²) < 4.78 is 2.08. The summed E-state index contributed by atoms with van der Waals surface area (Å²) in [5.41, 5.74) is 4.27. The van der Waals surface area contributed by atoms with Gasteiger partial charge < -0.3 is 9.88 Å². The van der Waals surface area contributed by atoms with E-state index in [-0.39, 0.29) is 0 Å². The number of nitrogens with zero attached hydrogens (tertiary/aromatic N) is 3. The van der Waals surface area contributed by atoms with E-state index in [2.05, 4.69) is 33.1 Å². The van der Waals surface area contributed by atoms with Gasteiger partial charge in [-0.05, 0) is 36.9 Å². The Kier molecular flexibility index (Phi) is 3.01. The molecule has 3 rings (SSSR count). The Hall–Kier alpha value is -2.20. The van der Waals surface area contributed by atoms with Crippen LogP contribution in [0.4, 0.5) is 0 Å². The molecule has 4 nitrogen and oxygen atoms in total. The van der Waals surface area contributed by atoms with Crippen molar-refractivity contribution >= 4 is 11.0 Å². The fourth-order valence-corrected chi connectivity index (χ4v) is 2.28. The zero-order valence-electron chi connectivity index (χ0n) is 11.1. The fraction of sp³-hybridized carbons (Fsp3) is 0.200. The number of imidazole rings is 1. The molecule has 0 amide bonds. The molecule has 1 N–H and O–H groups in total. The van der Waals surface area contributed by atoms with Crippen LogP contribution in [0.25, 0.3) is 22.6 Å². The van der Waals surface area contributed by atoms with Gasteiger partial charge in [0.1, 0.15) is 5.69 Å². The first kappa shape index (κ1) is 11.9. The first-order chi connectivity index (χ1) is 9.29. The van der Waals surface area contributed by atoms with E-state index in [4.69, 9.17) is 4.98 Å². The number of hydrogen-bond donors (Lipinski definition) is 1. The van der Waals surface area contributed by atoms with Crippen LogP contribution < -0.4 is 5.32 Å². The van der Waals surface area contributed by atoms with Gasteiger partial charge in [0.05, 0.1) is 11.0 Å². The SMILES string of the molecule is CNCc1ccc2c(c1)nc(-c1ccccn1)n2C. The molecule has 0 spiro atoms. The van der Waals surface area contributed by atoms with Crippen LogP contribution in [0.3, 0.4) is 0 Å². The maximum atomic E-state index is 4.70. The van der Waals surface area contributed by atoms with Crippen molar-refractivity contribution in [3.05, 3.63) is 48.2 Å². The van der Waals surface area contributed by atoms with Gasteiger partial charge in [-0.25, -0.2) is 4.98 Å². The summed E-state index contributed by atoms with van der Waals surface area (Å²) in [5, 5.41) is 3.15. The largest absolute Gasteiger partial charge is 0.326 e. The highest BCUT2D eigenvalue weighted by atomic mass is 15.1. The summed E-state index contributed by atoms with van der Waals surface area (Å²) in [4.78, 5) is 9.07. The van der Waals surface area contributed by atoms with Gasteiger partial charge in [-0.15, -0.1) is 0 Å². The molecule has 0 aliphatic rings. The highest BCUT2D eigenvalue weighted by Gasteiger charge is 2.10. The molecule has 1 aromatic carbocycles. The summed E-state index contributed by atoms with van der Waals surface area (Å²) in [5.74, 6) is 0.900. The highest BCUT2D eigenvalue weighted by Crippen LogP contribution is 2.22. The zero-order chi connectivity index (χ0) is 13.2. The molecule has 2 heterocycles. The van der Waals surface area contributed by atoms with Gasteiger partial charge in [-0.1, -0.05) is 12.1 Å². The number of fused-ring (bicyclic) bond motifs is 1. The number of benzene rings is 1. The minimum absolute atomic E-state index is 0.853. The number of aryl methyl sites for hydroxylation is 1. The molecule has 0 bridgehead atoms. The molecule has 0 unspecified atom stereocenters. The van der Waals surface area contributed by atoms with E-state index >= 15 is 0 Å². The third-order valence-corrected chi connectivity index (χ3v) is 3.22. The highest BCUT2D eigenvalue weighted by molar-refractivity contribution is 5.80. The summed E-state index contributed by atoms with van der Waals surface area (Å²) in [7, 11) is 3.97. The molecule has 96 valence electrons. The molecule has 0 aliphatic carbocycles. The Bertz CT molecular complexity index is 701. The van der Waals surface area contributed by atoms with Crippen LogP contribution in [0.5, 0.6) is 0 Å². The first-order valence-corrected chi connectivity index (χ1v) is 6.31. The minimum Gasteiger partial charge on any atom is -0.326 e. The number of aromatic nitrogens is 3. The summed E-state index contributed by atoms with van der Waals surface area (Å²) in [6.07, 6.45) is 1.79. The van der Waals surface area contributed by atoms with Gasteiger partial charge in [0.2, 0.25) is 0 Å². The Morgan fingerprint density at radius 2 is 2.11 bits per heavy atom. The summed E-state index contributed by atoms with van der Waals surface area (Å²) in [6.45, 7) is 0.853. The molecule has 2 aromatic heterocycles. The molecule has 4 heteroatoms. The fourth-order valence-electron chi connectivity index (χ4n) is 2.28. The molecule has 3 aromatic rings. The van der Waals surface area contributed by atoms with Crippen molar-refractivity contribution in [2.75, 3.05) is 7.05 Å². The normalized spacial score (nSPS) is 11.1. The lowest BCUT2D eigenvalue weighted by Crippen LogP contribution is -2.04. The van der Waals surface area contributed by atoms with Gasteiger partial charge in [-0.3, -0.25) is 4.98 Å². The predicted octanol–water partition coefficient (Wildman–Crippen LogP) is 2.35. The van der Waals surface area contributed by atoms with Gasteiger partial charge in [0.25, 0.3) is 0 Å². The average molecular weight is 252 g/mol. The minimum atomic E-state index is 0.853. The van der Waals surface area contributed by atoms with E-state index in [9.17, 15) is 0 Å². The maximum Gasteiger partial charge on any atom is 0.159 e. The van der Waals surface area contributed by atoms with E-state index in [0.29, 0.717) is 0 Å². The molecule has 0 saturated carbocycles. The topological polar surface area (TPSA) is 42.7 Å².